The number of halogens is 1. The highest BCUT2D eigenvalue weighted by atomic mass is 35.5. The van der Waals surface area contributed by atoms with E-state index in [1.807, 2.05) is 0 Å². The van der Waals surface area contributed by atoms with Crippen LogP contribution in [0, 0.1) is 11.3 Å². The number of aryl methyl sites for hydroxylation is 1. The van der Waals surface area contributed by atoms with Gasteiger partial charge in [0.1, 0.15) is 0 Å². The quantitative estimate of drug-likeness (QED) is 0.732. The average molecular weight is 227 g/mol. The molecule has 0 aromatic carbocycles. The molecule has 3 heteroatoms. The Morgan fingerprint density at radius 1 is 1.47 bits per heavy atom. The molecule has 0 amide bonds. The van der Waals surface area contributed by atoms with E-state index in [9.17, 15) is 0 Å². The third-order valence-electron chi connectivity index (χ3n) is 3.58. The molecule has 1 aliphatic rings. The standard InChI is InChI=1S/C12H19ClN2/c1-12(2,3)8-4-5-10-9(6-8)11(7-13)15-14-10/h8H,4-7H2,1-3H3,(H,14,15)/t8-/m0/s1. The van der Waals surface area contributed by atoms with Crippen LogP contribution in [0.2, 0.25) is 0 Å². The number of alkyl halides is 1. The zero-order valence-corrected chi connectivity index (χ0v) is 10.5. The maximum Gasteiger partial charge on any atom is 0.0804 e. The van der Waals surface area contributed by atoms with Crippen molar-refractivity contribution < 1.29 is 0 Å². The SMILES string of the molecule is CC(C)(C)[C@H]1CCc2[nH]nc(CCl)c2C1. The zero-order chi connectivity index (χ0) is 11.1. The number of hydrogen-bond acceptors (Lipinski definition) is 1. The third-order valence-corrected chi connectivity index (χ3v) is 3.84. The molecule has 1 heterocycles. The van der Waals surface area contributed by atoms with Crippen molar-refractivity contribution in [1.82, 2.24) is 10.2 Å². The summed E-state index contributed by atoms with van der Waals surface area (Å²) in [6.07, 6.45) is 3.53. The van der Waals surface area contributed by atoms with Gasteiger partial charge in [0.2, 0.25) is 0 Å². The van der Waals surface area contributed by atoms with Crippen molar-refractivity contribution in [2.75, 3.05) is 0 Å². The van der Waals surface area contributed by atoms with E-state index in [2.05, 4.69) is 31.0 Å². The van der Waals surface area contributed by atoms with Gasteiger partial charge in [-0.3, -0.25) is 5.10 Å². The predicted molar refractivity (Wildman–Crippen MR) is 63.1 cm³/mol. The van der Waals surface area contributed by atoms with Crippen LogP contribution < -0.4 is 0 Å². The first kappa shape index (κ1) is 11.0. The Morgan fingerprint density at radius 3 is 2.80 bits per heavy atom. The molecule has 0 radical (unpaired) electrons. The van der Waals surface area contributed by atoms with Crippen LogP contribution >= 0.6 is 11.6 Å². The number of hydrogen-bond donors (Lipinski definition) is 1. The van der Waals surface area contributed by atoms with Gasteiger partial charge in [0.15, 0.2) is 0 Å². The van der Waals surface area contributed by atoms with Gasteiger partial charge in [0.05, 0.1) is 11.6 Å². The Balaban J connectivity index is 2.25. The highest BCUT2D eigenvalue weighted by molar-refractivity contribution is 6.17. The molecule has 2 rings (SSSR count). The van der Waals surface area contributed by atoms with Crippen LogP contribution in [0.25, 0.3) is 0 Å². The Kier molecular flexibility index (Phi) is 2.80. The van der Waals surface area contributed by atoms with Gasteiger partial charge in [-0.15, -0.1) is 11.6 Å². The fourth-order valence-corrected chi connectivity index (χ4v) is 2.63. The lowest BCUT2D eigenvalue weighted by molar-refractivity contribution is 0.215. The maximum absolute atomic E-state index is 5.88. The van der Waals surface area contributed by atoms with Crippen molar-refractivity contribution in [3.05, 3.63) is 17.0 Å². The van der Waals surface area contributed by atoms with Crippen LogP contribution in [0.15, 0.2) is 0 Å². The molecule has 0 spiro atoms. The number of nitrogens with one attached hydrogen (secondary N) is 1. The molecule has 0 fully saturated rings. The summed E-state index contributed by atoms with van der Waals surface area (Å²) in [6.45, 7) is 6.97. The Bertz CT molecular complexity index is 335. The van der Waals surface area contributed by atoms with E-state index in [-0.39, 0.29) is 0 Å². The second-order valence-corrected chi connectivity index (χ2v) is 5.83. The van der Waals surface area contributed by atoms with Crippen LogP contribution in [0.5, 0.6) is 0 Å². The second kappa shape index (κ2) is 3.82. The fourth-order valence-electron chi connectivity index (χ4n) is 2.41. The Labute approximate surface area is 96.4 Å². The van der Waals surface area contributed by atoms with E-state index in [0.29, 0.717) is 11.3 Å². The monoisotopic (exact) mass is 226 g/mol. The smallest absolute Gasteiger partial charge is 0.0804 e. The highest BCUT2D eigenvalue weighted by Crippen LogP contribution is 2.37. The largest absolute Gasteiger partial charge is 0.282 e. The minimum atomic E-state index is 0.387. The highest BCUT2D eigenvalue weighted by Gasteiger charge is 2.30. The van der Waals surface area contributed by atoms with E-state index in [0.717, 1.165) is 24.5 Å². The summed E-state index contributed by atoms with van der Waals surface area (Å²) in [5.41, 5.74) is 4.14. The number of aromatic amines is 1. The fraction of sp³-hybridized carbons (Fsp3) is 0.750. The third kappa shape index (κ3) is 2.05. The molecular weight excluding hydrogens is 208 g/mol. The zero-order valence-electron chi connectivity index (χ0n) is 9.73. The summed E-state index contributed by atoms with van der Waals surface area (Å²) in [7, 11) is 0. The van der Waals surface area contributed by atoms with Gasteiger partial charge in [0, 0.05) is 5.69 Å². The van der Waals surface area contributed by atoms with Gasteiger partial charge in [-0.05, 0) is 36.2 Å². The van der Waals surface area contributed by atoms with E-state index in [4.69, 9.17) is 11.6 Å². The molecule has 0 aliphatic heterocycles. The molecule has 1 N–H and O–H groups in total. The van der Waals surface area contributed by atoms with Crippen LogP contribution in [0.1, 0.15) is 44.1 Å². The average Bonchev–Trinajstić information content (AvgIpc) is 2.57. The summed E-state index contributed by atoms with van der Waals surface area (Å²) >= 11 is 5.88. The number of rotatable bonds is 1. The van der Waals surface area contributed by atoms with Crippen molar-refractivity contribution in [1.29, 1.82) is 0 Å². The number of nitrogens with zero attached hydrogens (tertiary/aromatic N) is 1. The van der Waals surface area contributed by atoms with E-state index < -0.39 is 0 Å². The minimum Gasteiger partial charge on any atom is -0.282 e. The lowest BCUT2D eigenvalue weighted by atomic mass is 9.71. The van der Waals surface area contributed by atoms with Crippen molar-refractivity contribution >= 4 is 11.6 Å². The molecular formula is C12H19ClN2. The maximum atomic E-state index is 5.88. The van der Waals surface area contributed by atoms with Gasteiger partial charge in [-0.2, -0.15) is 5.10 Å². The first-order valence-electron chi connectivity index (χ1n) is 5.63. The molecule has 2 nitrogen and oxygen atoms in total. The summed E-state index contributed by atoms with van der Waals surface area (Å²) in [6, 6.07) is 0. The van der Waals surface area contributed by atoms with Crippen molar-refractivity contribution in [3.63, 3.8) is 0 Å². The van der Waals surface area contributed by atoms with Gasteiger partial charge in [0.25, 0.3) is 0 Å². The van der Waals surface area contributed by atoms with Crippen LogP contribution in [-0.2, 0) is 18.7 Å². The van der Waals surface area contributed by atoms with Gasteiger partial charge in [-0.1, -0.05) is 20.8 Å². The summed E-state index contributed by atoms with van der Waals surface area (Å²) in [4.78, 5) is 0. The molecule has 1 aromatic heterocycles. The lowest BCUT2D eigenvalue weighted by Crippen LogP contribution is -2.26. The van der Waals surface area contributed by atoms with E-state index >= 15 is 0 Å². The van der Waals surface area contributed by atoms with Gasteiger partial charge < -0.3 is 0 Å². The lowest BCUT2D eigenvalue weighted by Gasteiger charge is -2.33. The molecule has 0 saturated carbocycles. The first-order chi connectivity index (χ1) is 7.02. The van der Waals surface area contributed by atoms with E-state index in [1.165, 1.54) is 17.7 Å². The second-order valence-electron chi connectivity index (χ2n) is 5.57. The number of aromatic nitrogens is 2. The van der Waals surface area contributed by atoms with Crippen molar-refractivity contribution in [2.45, 2.75) is 45.9 Å². The first-order valence-corrected chi connectivity index (χ1v) is 6.16. The molecule has 15 heavy (non-hydrogen) atoms. The summed E-state index contributed by atoms with van der Waals surface area (Å²) in [5.74, 6) is 1.28. The van der Waals surface area contributed by atoms with Crippen LogP contribution in [0.4, 0.5) is 0 Å². The molecule has 0 unspecified atom stereocenters. The van der Waals surface area contributed by atoms with Gasteiger partial charge >= 0.3 is 0 Å². The van der Waals surface area contributed by atoms with Crippen molar-refractivity contribution in [3.8, 4) is 0 Å². The molecule has 84 valence electrons. The normalized spacial score (nSPS) is 21.5. The molecule has 0 saturated heterocycles. The van der Waals surface area contributed by atoms with E-state index in [1.54, 1.807) is 0 Å². The Morgan fingerprint density at radius 2 is 2.20 bits per heavy atom. The van der Waals surface area contributed by atoms with Gasteiger partial charge in [-0.25, -0.2) is 0 Å². The summed E-state index contributed by atoms with van der Waals surface area (Å²) in [5, 5.41) is 7.39. The molecule has 1 aliphatic carbocycles. The topological polar surface area (TPSA) is 28.7 Å². The molecule has 0 bridgehead atoms. The van der Waals surface area contributed by atoms with Crippen molar-refractivity contribution in [2.24, 2.45) is 11.3 Å². The molecule has 1 aromatic rings. The number of H-pyrrole nitrogens is 1. The number of fused-ring (bicyclic) bond motifs is 1. The summed E-state index contributed by atoms with van der Waals surface area (Å²) < 4.78 is 0. The Hall–Kier alpha value is -0.500. The minimum absolute atomic E-state index is 0.387. The predicted octanol–water partition coefficient (Wildman–Crippen LogP) is 3.30. The van der Waals surface area contributed by atoms with Crippen LogP contribution in [0.3, 0.4) is 0 Å². The van der Waals surface area contributed by atoms with Crippen LogP contribution in [-0.4, -0.2) is 10.2 Å². The molecule has 1 atom stereocenters.